The second kappa shape index (κ2) is 7.29. The van der Waals surface area contributed by atoms with Crippen molar-refractivity contribution < 1.29 is 4.79 Å². The number of amides is 1. The molecule has 110 valence electrons. The third kappa shape index (κ3) is 4.62. The maximum atomic E-state index is 11.8. The summed E-state index contributed by atoms with van der Waals surface area (Å²) in [5, 5.41) is 3.08. The number of carbonyl (C=O) groups excluding carboxylic acids is 1. The highest BCUT2D eigenvalue weighted by atomic mass is 35.5. The summed E-state index contributed by atoms with van der Waals surface area (Å²) in [5.74, 6) is -0.258. The molecule has 1 heterocycles. The molecule has 1 N–H and O–H groups in total. The summed E-state index contributed by atoms with van der Waals surface area (Å²) in [6.07, 6.45) is 2.13. The predicted octanol–water partition coefficient (Wildman–Crippen LogP) is 2.51. The maximum Gasteiger partial charge on any atom is 0.269 e. The van der Waals surface area contributed by atoms with E-state index in [0.29, 0.717) is 11.6 Å². The molecule has 0 atom stereocenters. The fourth-order valence-corrected chi connectivity index (χ4v) is 2.39. The van der Waals surface area contributed by atoms with Crippen LogP contribution in [0.3, 0.4) is 0 Å². The fraction of sp³-hybridized carbons (Fsp3) is 0.200. The van der Waals surface area contributed by atoms with Crippen molar-refractivity contribution in [2.45, 2.75) is 13.0 Å². The highest BCUT2D eigenvalue weighted by Gasteiger charge is 2.08. The van der Waals surface area contributed by atoms with Crippen LogP contribution in [0.25, 0.3) is 0 Å². The van der Waals surface area contributed by atoms with Gasteiger partial charge in [-0.1, -0.05) is 53.5 Å². The molecular weight excluding hydrogens is 311 g/mol. The summed E-state index contributed by atoms with van der Waals surface area (Å²) in [6, 6.07) is 11.2. The maximum absolute atomic E-state index is 11.8. The fourth-order valence-electron chi connectivity index (χ4n) is 1.88. The van der Waals surface area contributed by atoms with Crippen LogP contribution in [0.15, 0.2) is 47.4 Å². The largest absolute Gasteiger partial charge is 0.354 e. The Bertz CT molecular complexity index is 684. The van der Waals surface area contributed by atoms with Gasteiger partial charge < -0.3 is 9.88 Å². The van der Waals surface area contributed by atoms with Gasteiger partial charge in [-0.05, 0) is 18.1 Å². The van der Waals surface area contributed by atoms with E-state index in [-0.39, 0.29) is 17.5 Å². The Morgan fingerprint density at radius 1 is 1.19 bits per heavy atom. The van der Waals surface area contributed by atoms with Gasteiger partial charge >= 0.3 is 0 Å². The summed E-state index contributed by atoms with van der Waals surface area (Å²) >= 11 is 11.6. The number of nitrogens with one attached hydrogen (secondary N) is 1. The summed E-state index contributed by atoms with van der Waals surface area (Å²) in [7, 11) is 0. The lowest BCUT2D eigenvalue weighted by molar-refractivity contribution is -0.121. The number of nitrogens with zero attached hydrogens (tertiary/aromatic N) is 1. The molecule has 0 bridgehead atoms. The molecular formula is C15H14Cl2N2O2. The van der Waals surface area contributed by atoms with Gasteiger partial charge in [-0.25, -0.2) is 0 Å². The predicted molar refractivity (Wildman–Crippen MR) is 83.9 cm³/mol. The minimum atomic E-state index is -0.431. The topological polar surface area (TPSA) is 51.1 Å². The third-order valence-corrected chi connectivity index (χ3v) is 3.38. The van der Waals surface area contributed by atoms with Crippen molar-refractivity contribution in [1.29, 1.82) is 0 Å². The van der Waals surface area contributed by atoms with Gasteiger partial charge in [0.15, 0.2) is 0 Å². The highest BCUT2D eigenvalue weighted by molar-refractivity contribution is 6.34. The molecule has 0 aliphatic rings. The lowest BCUT2D eigenvalue weighted by atomic mass is 10.1. The number of hydrogen-bond acceptors (Lipinski definition) is 2. The lowest BCUT2D eigenvalue weighted by Gasteiger charge is -2.08. The van der Waals surface area contributed by atoms with E-state index in [2.05, 4.69) is 5.32 Å². The van der Waals surface area contributed by atoms with Gasteiger partial charge in [-0.3, -0.25) is 9.59 Å². The minimum Gasteiger partial charge on any atom is -0.354 e. The minimum absolute atomic E-state index is 0.000384. The van der Waals surface area contributed by atoms with E-state index in [1.807, 2.05) is 30.3 Å². The van der Waals surface area contributed by atoms with Crippen molar-refractivity contribution in [2.24, 2.45) is 0 Å². The van der Waals surface area contributed by atoms with Crippen LogP contribution < -0.4 is 10.9 Å². The molecule has 2 rings (SSSR count). The average Bonchev–Trinajstić information content (AvgIpc) is 2.45. The van der Waals surface area contributed by atoms with Crippen molar-refractivity contribution >= 4 is 29.1 Å². The van der Waals surface area contributed by atoms with Crippen LogP contribution in [-0.4, -0.2) is 17.0 Å². The smallest absolute Gasteiger partial charge is 0.269 e. The van der Waals surface area contributed by atoms with Gasteiger partial charge in [-0.15, -0.1) is 0 Å². The van der Waals surface area contributed by atoms with Gasteiger partial charge in [0.25, 0.3) is 5.56 Å². The van der Waals surface area contributed by atoms with Crippen LogP contribution in [0.4, 0.5) is 0 Å². The Hall–Kier alpha value is -1.78. The molecule has 0 saturated carbocycles. The Morgan fingerprint density at radius 2 is 1.90 bits per heavy atom. The molecule has 1 amide bonds. The summed E-state index contributed by atoms with van der Waals surface area (Å²) in [4.78, 5) is 23.6. The SMILES string of the molecule is O=C(Cn1cc(Cl)cc(Cl)c1=O)NCCc1ccccc1. The molecule has 2 aromatic rings. The first kappa shape index (κ1) is 15.6. The van der Waals surface area contributed by atoms with E-state index in [0.717, 1.165) is 12.0 Å². The number of aromatic nitrogens is 1. The molecule has 1 aromatic carbocycles. The second-order valence-electron chi connectivity index (χ2n) is 4.52. The Labute approximate surface area is 132 Å². The van der Waals surface area contributed by atoms with E-state index in [1.165, 1.54) is 16.8 Å². The number of rotatable bonds is 5. The van der Waals surface area contributed by atoms with Crippen LogP contribution in [-0.2, 0) is 17.8 Å². The Balaban J connectivity index is 1.89. The van der Waals surface area contributed by atoms with Gasteiger partial charge in [0, 0.05) is 12.7 Å². The van der Waals surface area contributed by atoms with Crippen molar-refractivity contribution in [3.8, 4) is 0 Å². The molecule has 6 heteroatoms. The molecule has 0 fully saturated rings. The Morgan fingerprint density at radius 3 is 2.62 bits per heavy atom. The first-order valence-corrected chi connectivity index (χ1v) is 7.18. The van der Waals surface area contributed by atoms with Crippen LogP contribution in [0, 0.1) is 0 Å². The zero-order valence-electron chi connectivity index (χ0n) is 11.2. The van der Waals surface area contributed by atoms with Crippen molar-refractivity contribution in [1.82, 2.24) is 9.88 Å². The summed E-state index contributed by atoms with van der Waals surface area (Å²) in [6.45, 7) is 0.403. The number of halogens is 2. The number of pyridine rings is 1. The highest BCUT2D eigenvalue weighted by Crippen LogP contribution is 2.10. The molecule has 0 saturated heterocycles. The summed E-state index contributed by atoms with van der Waals surface area (Å²) < 4.78 is 1.20. The standard InChI is InChI=1S/C15H14Cl2N2O2/c16-12-8-13(17)15(21)19(9-12)10-14(20)18-7-6-11-4-2-1-3-5-11/h1-5,8-9H,6-7,10H2,(H,18,20). The summed E-state index contributed by atoms with van der Waals surface area (Å²) in [5.41, 5.74) is 0.708. The van der Waals surface area contributed by atoms with E-state index >= 15 is 0 Å². The molecule has 0 unspecified atom stereocenters. The number of carbonyl (C=O) groups is 1. The third-order valence-electron chi connectivity index (χ3n) is 2.90. The van der Waals surface area contributed by atoms with E-state index in [1.54, 1.807) is 0 Å². The number of benzene rings is 1. The second-order valence-corrected chi connectivity index (χ2v) is 5.37. The van der Waals surface area contributed by atoms with Crippen molar-refractivity contribution in [3.63, 3.8) is 0 Å². The quantitative estimate of drug-likeness (QED) is 0.918. The van der Waals surface area contributed by atoms with Gasteiger partial charge in [0.1, 0.15) is 11.6 Å². The van der Waals surface area contributed by atoms with Crippen molar-refractivity contribution in [2.75, 3.05) is 6.54 Å². The monoisotopic (exact) mass is 324 g/mol. The first-order valence-electron chi connectivity index (χ1n) is 6.42. The van der Waals surface area contributed by atoms with Gasteiger partial charge in [0.2, 0.25) is 5.91 Å². The van der Waals surface area contributed by atoms with E-state index < -0.39 is 5.56 Å². The van der Waals surface area contributed by atoms with Crippen molar-refractivity contribution in [3.05, 3.63) is 68.6 Å². The normalized spacial score (nSPS) is 10.4. The van der Waals surface area contributed by atoms with E-state index in [9.17, 15) is 9.59 Å². The first-order chi connectivity index (χ1) is 10.1. The van der Waals surface area contributed by atoms with E-state index in [4.69, 9.17) is 23.2 Å². The van der Waals surface area contributed by atoms with Crippen LogP contribution in [0.2, 0.25) is 10.0 Å². The van der Waals surface area contributed by atoms with Crippen LogP contribution >= 0.6 is 23.2 Å². The molecule has 4 nitrogen and oxygen atoms in total. The van der Waals surface area contributed by atoms with Gasteiger partial charge in [-0.2, -0.15) is 0 Å². The molecule has 0 spiro atoms. The average molecular weight is 325 g/mol. The Kier molecular flexibility index (Phi) is 5.42. The molecule has 1 aromatic heterocycles. The molecule has 0 aliphatic heterocycles. The zero-order chi connectivity index (χ0) is 15.2. The molecule has 21 heavy (non-hydrogen) atoms. The van der Waals surface area contributed by atoms with Crippen LogP contribution in [0.5, 0.6) is 0 Å². The van der Waals surface area contributed by atoms with Gasteiger partial charge in [0.05, 0.1) is 5.02 Å². The molecule has 0 radical (unpaired) electrons. The molecule has 0 aliphatic carbocycles. The number of hydrogen-bond donors (Lipinski definition) is 1. The van der Waals surface area contributed by atoms with Crippen LogP contribution in [0.1, 0.15) is 5.56 Å². The zero-order valence-corrected chi connectivity index (χ0v) is 12.7. The lowest BCUT2D eigenvalue weighted by Crippen LogP contribution is -2.33.